The van der Waals surface area contributed by atoms with Crippen LogP contribution in [-0.2, 0) is 11.0 Å². The fourth-order valence-electron chi connectivity index (χ4n) is 13.0. The van der Waals surface area contributed by atoms with Crippen LogP contribution >= 0.6 is 0 Å². The van der Waals surface area contributed by atoms with E-state index in [2.05, 4.69) is 111 Å². The summed E-state index contributed by atoms with van der Waals surface area (Å²) in [4.78, 5) is 54.3. The molecule has 396 valence electrons. The van der Waals surface area contributed by atoms with Crippen molar-refractivity contribution in [3.8, 4) is 0 Å². The summed E-state index contributed by atoms with van der Waals surface area (Å²) in [6.45, 7) is 0. The molecule has 17 rings (SSSR count). The summed E-state index contributed by atoms with van der Waals surface area (Å²) in [6, 6.07) is 72.5. The average Bonchev–Trinajstić information content (AvgIpc) is 0.892. The third-order valence-corrected chi connectivity index (χ3v) is 16.5. The van der Waals surface area contributed by atoms with Crippen LogP contribution in [-0.4, -0.2) is 60.2 Å². The lowest BCUT2D eigenvalue weighted by Gasteiger charge is -2.66. The summed E-state index contributed by atoms with van der Waals surface area (Å²) in [5, 5.41) is 24.0. The SMILES string of the molecule is c1ccc2nc(C3(c4cc5ccccc5[nH]4)C(c4ccc5cccnc5n4)N(c4ncc5ccccc5n4)N(c4cnc5ccccc5n4)N(c4ccc5ccc6ccccc6c5n4)C3(c3conn3)c3nccc4ccccc34)ccc2c1. The molecule has 0 amide bonds. The van der Waals surface area contributed by atoms with Gasteiger partial charge in [-0.15, -0.1) is 5.10 Å². The Hall–Kier alpha value is -11.7. The van der Waals surface area contributed by atoms with E-state index < -0.39 is 17.0 Å². The molecule has 3 unspecified atom stereocenters. The van der Waals surface area contributed by atoms with Crippen LogP contribution in [0.1, 0.15) is 34.5 Å². The fraction of sp³-hybridized carbons (Fsp3) is 0.0441. The molecule has 1 N–H and O–H groups in total. The predicted octanol–water partition coefficient (Wildman–Crippen LogP) is 13.5. The predicted molar refractivity (Wildman–Crippen MR) is 326 cm³/mol. The Morgan fingerprint density at radius 3 is 1.99 bits per heavy atom. The standard InChI is InChI=1S/C68H43N15O/c1-6-20-49-42(14-1)27-28-45-31-34-60(78-62(45)49)82-68(59-41-84-80-79-59,63-50-21-7-2-15-43(50)35-37-69-63)67(58-38-47-17-4-9-23-52(47)74-58,57-33-30-44-16-3-8-22-51(44)73-57)64(56-32-29-46-19-13-36-70-65(46)76-56)81(66-72-39-48-18-5-10-24-53(48)77-66)83(82)61-40-71-54-25-11-12-26-55(54)75-61/h1-41,64,74H. The van der Waals surface area contributed by atoms with Crippen LogP contribution in [0.3, 0.4) is 0 Å². The molecule has 16 nitrogen and oxygen atoms in total. The van der Waals surface area contributed by atoms with Crippen LogP contribution in [0.15, 0.2) is 254 Å². The van der Waals surface area contributed by atoms with Crippen LogP contribution in [0.2, 0.25) is 0 Å². The molecular weight excluding hydrogens is 1040 g/mol. The number of H-pyrrole nitrogens is 1. The number of aromatic nitrogens is 12. The molecule has 0 radical (unpaired) electrons. The number of para-hydroxylation sites is 5. The van der Waals surface area contributed by atoms with E-state index in [1.54, 1.807) is 18.7 Å². The number of hydrogen-bond donors (Lipinski definition) is 1. The summed E-state index contributed by atoms with van der Waals surface area (Å²) in [5.41, 5.74) is 3.86. The molecule has 1 aliphatic rings. The number of nitrogens with one attached hydrogen (secondary N) is 1. The first kappa shape index (κ1) is 47.2. The van der Waals surface area contributed by atoms with Crippen molar-refractivity contribution in [2.45, 2.75) is 17.0 Å². The number of pyridine rings is 5. The van der Waals surface area contributed by atoms with E-state index in [1.165, 1.54) is 0 Å². The first-order chi connectivity index (χ1) is 41.6. The Kier molecular flexibility index (Phi) is 10.4. The van der Waals surface area contributed by atoms with Gasteiger partial charge in [0, 0.05) is 67.4 Å². The summed E-state index contributed by atoms with van der Waals surface area (Å²) in [7, 11) is 0. The lowest BCUT2D eigenvalue weighted by molar-refractivity contribution is 0.165. The van der Waals surface area contributed by atoms with Crippen molar-refractivity contribution in [3.05, 3.63) is 278 Å². The minimum absolute atomic E-state index is 0.270. The molecule has 3 atom stereocenters. The number of nitrogens with zero attached hydrogens (tertiary/aromatic N) is 14. The number of rotatable bonds is 8. The zero-order valence-corrected chi connectivity index (χ0v) is 44.4. The zero-order valence-electron chi connectivity index (χ0n) is 44.4. The van der Waals surface area contributed by atoms with E-state index in [4.69, 9.17) is 54.5 Å². The Balaban J connectivity index is 1.18. The van der Waals surface area contributed by atoms with E-state index in [-0.39, 0.29) is 5.95 Å². The summed E-state index contributed by atoms with van der Waals surface area (Å²) in [6.07, 6.45) is 8.86. The van der Waals surface area contributed by atoms with Crippen LogP contribution < -0.4 is 15.1 Å². The normalized spacial score (nSPS) is 17.4. The van der Waals surface area contributed by atoms with Gasteiger partial charge in [0.1, 0.15) is 17.2 Å². The van der Waals surface area contributed by atoms with Crippen LogP contribution in [0.5, 0.6) is 0 Å². The number of hydrazine groups is 2. The maximum atomic E-state index is 6.21. The molecule has 0 aliphatic carbocycles. The Bertz CT molecular complexity index is 5230. The van der Waals surface area contributed by atoms with Crippen molar-refractivity contribution in [1.29, 1.82) is 0 Å². The lowest BCUT2D eigenvalue weighted by atomic mass is 9.55. The summed E-state index contributed by atoms with van der Waals surface area (Å²) in [5.74, 6) is 1.06. The Morgan fingerprint density at radius 2 is 1.14 bits per heavy atom. The molecule has 16 aromatic rings. The highest BCUT2D eigenvalue weighted by Gasteiger charge is 2.75. The van der Waals surface area contributed by atoms with Crippen molar-refractivity contribution < 1.29 is 4.52 Å². The van der Waals surface area contributed by atoms with Gasteiger partial charge in [-0.05, 0) is 101 Å². The third kappa shape index (κ3) is 6.91. The van der Waals surface area contributed by atoms with Gasteiger partial charge in [0.2, 0.25) is 5.95 Å². The summed E-state index contributed by atoms with van der Waals surface area (Å²) >= 11 is 0. The monoisotopic (exact) mass is 1090 g/mol. The van der Waals surface area contributed by atoms with Gasteiger partial charge in [0.15, 0.2) is 29.1 Å². The Morgan fingerprint density at radius 1 is 0.452 bits per heavy atom. The molecule has 84 heavy (non-hydrogen) atoms. The van der Waals surface area contributed by atoms with Gasteiger partial charge in [-0.2, -0.15) is 5.12 Å². The largest absolute Gasteiger partial charge is 0.357 e. The molecule has 1 saturated heterocycles. The quantitative estimate of drug-likeness (QED) is 0.142. The zero-order chi connectivity index (χ0) is 55.3. The van der Waals surface area contributed by atoms with Gasteiger partial charge in [-0.1, -0.05) is 133 Å². The highest BCUT2D eigenvalue weighted by Crippen LogP contribution is 2.66. The molecule has 1 fully saturated rings. The van der Waals surface area contributed by atoms with E-state index in [0.29, 0.717) is 62.3 Å². The van der Waals surface area contributed by atoms with Gasteiger partial charge >= 0.3 is 0 Å². The molecule has 0 spiro atoms. The minimum Gasteiger partial charge on any atom is -0.357 e. The highest BCUT2D eigenvalue weighted by atomic mass is 16.5. The number of anilines is 3. The van der Waals surface area contributed by atoms with Crippen molar-refractivity contribution in [2.75, 3.05) is 15.1 Å². The van der Waals surface area contributed by atoms with Crippen molar-refractivity contribution in [2.24, 2.45) is 0 Å². The van der Waals surface area contributed by atoms with Gasteiger partial charge < -0.3 is 9.51 Å². The van der Waals surface area contributed by atoms with Gasteiger partial charge in [-0.25, -0.2) is 39.9 Å². The maximum absolute atomic E-state index is 6.21. The first-order valence-corrected chi connectivity index (χ1v) is 27.5. The van der Waals surface area contributed by atoms with Crippen LogP contribution in [0.25, 0.3) is 87.2 Å². The molecule has 0 bridgehead atoms. The Labute approximate surface area is 477 Å². The average molecular weight is 1090 g/mol. The fourth-order valence-corrected chi connectivity index (χ4v) is 13.0. The van der Waals surface area contributed by atoms with Crippen molar-refractivity contribution in [1.82, 2.24) is 60.2 Å². The highest BCUT2D eigenvalue weighted by molar-refractivity contribution is 6.06. The van der Waals surface area contributed by atoms with E-state index in [0.717, 1.165) is 65.0 Å². The number of aromatic amines is 1. The molecule has 0 saturated carbocycles. The van der Waals surface area contributed by atoms with E-state index >= 15 is 0 Å². The topological polar surface area (TPSA) is 180 Å². The lowest BCUT2D eigenvalue weighted by Crippen LogP contribution is -2.79. The smallest absolute Gasteiger partial charge is 0.247 e. The molecular formula is C68H43N15O. The van der Waals surface area contributed by atoms with Gasteiger partial charge in [0.25, 0.3) is 0 Å². The number of fused-ring (bicyclic) bond motifs is 9. The van der Waals surface area contributed by atoms with Gasteiger partial charge in [0.05, 0.1) is 50.9 Å². The number of hydrogen-bond acceptors (Lipinski definition) is 15. The summed E-state index contributed by atoms with van der Waals surface area (Å²) < 4.78 is 6.21. The second-order valence-corrected chi connectivity index (χ2v) is 21.0. The second-order valence-electron chi connectivity index (χ2n) is 21.0. The molecule has 16 heteroatoms. The molecule has 10 heterocycles. The van der Waals surface area contributed by atoms with Crippen LogP contribution in [0.4, 0.5) is 17.6 Å². The second kappa shape index (κ2) is 18.4. The number of benzene rings is 7. The first-order valence-electron chi connectivity index (χ1n) is 27.5. The van der Waals surface area contributed by atoms with E-state index in [9.17, 15) is 0 Å². The van der Waals surface area contributed by atoms with Crippen molar-refractivity contribution >= 4 is 105 Å². The van der Waals surface area contributed by atoms with Crippen molar-refractivity contribution in [3.63, 3.8) is 0 Å². The maximum Gasteiger partial charge on any atom is 0.247 e. The van der Waals surface area contributed by atoms with Gasteiger partial charge in [-0.3, -0.25) is 15.0 Å². The molecule has 9 aromatic heterocycles. The third-order valence-electron chi connectivity index (χ3n) is 16.5. The van der Waals surface area contributed by atoms with E-state index in [1.807, 2.05) is 145 Å². The van der Waals surface area contributed by atoms with Crippen LogP contribution in [0, 0.1) is 0 Å². The molecule has 1 aliphatic heterocycles. The minimum atomic E-state index is -1.90. The molecule has 7 aromatic carbocycles.